The zero-order chi connectivity index (χ0) is 15.2. The number of aliphatic carboxylic acids is 1. The van der Waals surface area contributed by atoms with Crippen molar-refractivity contribution in [1.82, 2.24) is 20.2 Å². The second-order valence-corrected chi connectivity index (χ2v) is 4.46. The van der Waals surface area contributed by atoms with Crippen LogP contribution in [-0.2, 0) is 9.59 Å². The van der Waals surface area contributed by atoms with Gasteiger partial charge in [-0.3, -0.25) is 14.5 Å². The van der Waals surface area contributed by atoms with E-state index in [4.69, 9.17) is 5.11 Å². The first kappa shape index (κ1) is 14.7. The Kier molecular flexibility index (Phi) is 4.64. The average Bonchev–Trinajstić information content (AvgIpc) is 2.72. The molecule has 21 heavy (non-hydrogen) atoms. The van der Waals surface area contributed by atoms with Gasteiger partial charge in [-0.15, -0.1) is 0 Å². The molecule has 0 unspecified atom stereocenters. The molecule has 112 valence electrons. The van der Waals surface area contributed by atoms with Gasteiger partial charge in [-0.05, 0) is 18.9 Å². The van der Waals surface area contributed by atoms with Gasteiger partial charge in [0.15, 0.2) is 0 Å². The number of hydrogen-bond acceptors (Lipinski definition) is 6. The maximum absolute atomic E-state index is 11.8. The zero-order valence-electron chi connectivity index (χ0n) is 11.2. The summed E-state index contributed by atoms with van der Waals surface area (Å²) in [5, 5.41) is 14.1. The predicted octanol–water partition coefficient (Wildman–Crippen LogP) is -0.326. The molecule has 0 saturated carbocycles. The SMILES string of the molecule is O=C(O)CN1C(=O)N[C@@H](CCCNc2ncccn2)C1=O. The molecule has 1 saturated heterocycles. The summed E-state index contributed by atoms with van der Waals surface area (Å²) in [6.45, 7) is -0.0696. The number of carboxylic acid groups (broad SMARTS) is 1. The Bertz CT molecular complexity index is 536. The molecule has 1 aromatic heterocycles. The lowest BCUT2D eigenvalue weighted by atomic mass is 10.1. The fraction of sp³-hybridized carbons (Fsp3) is 0.417. The smallest absolute Gasteiger partial charge is 0.325 e. The first-order valence-electron chi connectivity index (χ1n) is 6.42. The topological polar surface area (TPSA) is 125 Å². The Morgan fingerprint density at radius 2 is 2.10 bits per heavy atom. The van der Waals surface area contributed by atoms with E-state index in [1.54, 1.807) is 18.5 Å². The number of urea groups is 1. The molecule has 1 aliphatic heterocycles. The molecule has 2 heterocycles. The number of anilines is 1. The van der Waals surface area contributed by atoms with Crippen molar-refractivity contribution >= 4 is 23.9 Å². The molecule has 9 nitrogen and oxygen atoms in total. The van der Waals surface area contributed by atoms with Crippen LogP contribution < -0.4 is 10.6 Å². The molecule has 0 bridgehead atoms. The molecule has 0 aliphatic carbocycles. The number of aromatic nitrogens is 2. The van der Waals surface area contributed by atoms with E-state index in [1.807, 2.05) is 0 Å². The van der Waals surface area contributed by atoms with Gasteiger partial charge in [0, 0.05) is 18.9 Å². The van der Waals surface area contributed by atoms with E-state index in [-0.39, 0.29) is 0 Å². The van der Waals surface area contributed by atoms with Crippen LogP contribution in [0.4, 0.5) is 10.7 Å². The van der Waals surface area contributed by atoms with Gasteiger partial charge >= 0.3 is 12.0 Å². The number of imide groups is 1. The van der Waals surface area contributed by atoms with Crippen molar-refractivity contribution in [3.8, 4) is 0 Å². The molecular weight excluding hydrogens is 278 g/mol. The molecule has 3 N–H and O–H groups in total. The summed E-state index contributed by atoms with van der Waals surface area (Å²) in [6.07, 6.45) is 4.25. The average molecular weight is 293 g/mol. The van der Waals surface area contributed by atoms with Crippen LogP contribution in [0.15, 0.2) is 18.5 Å². The van der Waals surface area contributed by atoms with Crippen LogP contribution in [0.2, 0.25) is 0 Å². The number of nitrogens with zero attached hydrogens (tertiary/aromatic N) is 3. The van der Waals surface area contributed by atoms with Gasteiger partial charge in [0.05, 0.1) is 0 Å². The lowest BCUT2D eigenvalue weighted by Crippen LogP contribution is -2.36. The Morgan fingerprint density at radius 3 is 2.76 bits per heavy atom. The third-order valence-electron chi connectivity index (χ3n) is 2.92. The second kappa shape index (κ2) is 6.64. The summed E-state index contributed by atoms with van der Waals surface area (Å²) in [6, 6.07) is 0.372. The first-order valence-corrected chi connectivity index (χ1v) is 6.42. The Balaban J connectivity index is 1.75. The highest BCUT2D eigenvalue weighted by Gasteiger charge is 2.38. The van der Waals surface area contributed by atoms with Crippen LogP contribution in [0.1, 0.15) is 12.8 Å². The molecule has 1 aliphatic rings. The highest BCUT2D eigenvalue weighted by molar-refractivity contribution is 6.05. The number of carboxylic acids is 1. The Labute approximate surface area is 120 Å². The number of nitrogens with one attached hydrogen (secondary N) is 2. The number of carbonyl (C=O) groups excluding carboxylic acids is 2. The van der Waals surface area contributed by atoms with Crippen molar-refractivity contribution in [2.75, 3.05) is 18.4 Å². The molecule has 1 fully saturated rings. The van der Waals surface area contributed by atoms with Gasteiger partial charge in [-0.1, -0.05) is 0 Å². The minimum Gasteiger partial charge on any atom is -0.480 e. The monoisotopic (exact) mass is 293 g/mol. The minimum absolute atomic E-state index is 0.417. The summed E-state index contributed by atoms with van der Waals surface area (Å²) in [5.41, 5.74) is 0. The van der Waals surface area contributed by atoms with Gasteiger partial charge in [0.2, 0.25) is 5.95 Å². The van der Waals surface area contributed by atoms with Crippen molar-refractivity contribution in [2.24, 2.45) is 0 Å². The lowest BCUT2D eigenvalue weighted by Gasteiger charge is -2.10. The molecule has 0 aromatic carbocycles. The standard InChI is InChI=1S/C12H15N5O4/c18-9(19)7-17-10(20)8(16-12(17)21)3-1-4-13-11-14-5-2-6-15-11/h2,5-6,8H,1,3-4,7H2,(H,16,21)(H,18,19)(H,13,14,15)/t8-/m0/s1. The fourth-order valence-corrected chi connectivity index (χ4v) is 1.95. The third-order valence-corrected chi connectivity index (χ3v) is 2.92. The van der Waals surface area contributed by atoms with Gasteiger partial charge in [-0.25, -0.2) is 14.8 Å². The second-order valence-electron chi connectivity index (χ2n) is 4.46. The third kappa shape index (κ3) is 3.88. The molecule has 0 radical (unpaired) electrons. The molecule has 1 atom stereocenters. The maximum Gasteiger partial charge on any atom is 0.325 e. The van der Waals surface area contributed by atoms with Gasteiger partial charge in [0.1, 0.15) is 12.6 Å². The zero-order valence-corrected chi connectivity index (χ0v) is 11.2. The predicted molar refractivity (Wildman–Crippen MR) is 71.4 cm³/mol. The first-order chi connectivity index (χ1) is 10.1. The summed E-state index contributed by atoms with van der Waals surface area (Å²) >= 11 is 0. The molecule has 2 rings (SSSR count). The van der Waals surface area contributed by atoms with Crippen LogP contribution in [0.3, 0.4) is 0 Å². The van der Waals surface area contributed by atoms with Crippen LogP contribution in [0, 0.1) is 0 Å². The number of carbonyl (C=O) groups is 3. The quantitative estimate of drug-likeness (QED) is 0.464. The van der Waals surface area contributed by atoms with E-state index < -0.39 is 30.5 Å². The van der Waals surface area contributed by atoms with E-state index in [9.17, 15) is 14.4 Å². The number of rotatable bonds is 7. The van der Waals surface area contributed by atoms with Crippen LogP contribution in [0.25, 0.3) is 0 Å². The summed E-state index contributed by atoms with van der Waals surface area (Å²) in [5.74, 6) is -1.23. The molecular formula is C12H15N5O4. The minimum atomic E-state index is -1.22. The molecule has 3 amide bonds. The summed E-state index contributed by atoms with van der Waals surface area (Å²) < 4.78 is 0. The van der Waals surface area contributed by atoms with E-state index in [0.717, 1.165) is 0 Å². The maximum atomic E-state index is 11.8. The Hall–Kier alpha value is -2.71. The van der Waals surface area contributed by atoms with Gasteiger partial charge in [0.25, 0.3) is 5.91 Å². The number of amides is 3. The lowest BCUT2D eigenvalue weighted by molar-refractivity contribution is -0.141. The normalized spacial score (nSPS) is 17.7. The number of hydrogen-bond donors (Lipinski definition) is 3. The van der Waals surface area contributed by atoms with E-state index in [1.165, 1.54) is 0 Å². The van der Waals surface area contributed by atoms with E-state index in [2.05, 4.69) is 20.6 Å². The van der Waals surface area contributed by atoms with E-state index >= 15 is 0 Å². The largest absolute Gasteiger partial charge is 0.480 e. The van der Waals surface area contributed by atoms with Crippen LogP contribution in [0.5, 0.6) is 0 Å². The highest BCUT2D eigenvalue weighted by atomic mass is 16.4. The van der Waals surface area contributed by atoms with Crippen molar-refractivity contribution in [2.45, 2.75) is 18.9 Å². The fourth-order valence-electron chi connectivity index (χ4n) is 1.95. The molecule has 0 spiro atoms. The summed E-state index contributed by atoms with van der Waals surface area (Å²) in [7, 11) is 0. The molecule has 9 heteroatoms. The van der Waals surface area contributed by atoms with E-state index in [0.29, 0.717) is 30.2 Å². The highest BCUT2D eigenvalue weighted by Crippen LogP contribution is 2.11. The molecule has 1 aromatic rings. The van der Waals surface area contributed by atoms with Gasteiger partial charge in [-0.2, -0.15) is 0 Å². The van der Waals surface area contributed by atoms with Gasteiger partial charge < -0.3 is 15.7 Å². The van der Waals surface area contributed by atoms with Crippen molar-refractivity contribution in [3.63, 3.8) is 0 Å². The Morgan fingerprint density at radius 1 is 1.38 bits per heavy atom. The van der Waals surface area contributed by atoms with Crippen LogP contribution in [-0.4, -0.2) is 57.0 Å². The summed E-state index contributed by atoms with van der Waals surface area (Å²) in [4.78, 5) is 42.6. The van der Waals surface area contributed by atoms with Crippen LogP contribution >= 0.6 is 0 Å². The van der Waals surface area contributed by atoms with Crippen molar-refractivity contribution < 1.29 is 19.5 Å². The van der Waals surface area contributed by atoms with Crippen molar-refractivity contribution in [1.29, 1.82) is 0 Å². The van der Waals surface area contributed by atoms with Crippen molar-refractivity contribution in [3.05, 3.63) is 18.5 Å².